The number of benzene rings is 2. The number of nitrogens with zero attached hydrogens (tertiary/aromatic N) is 3. The maximum absolute atomic E-state index is 12.8. The molecule has 1 aromatic heterocycles. The Morgan fingerprint density at radius 1 is 1.09 bits per heavy atom. The summed E-state index contributed by atoms with van der Waals surface area (Å²) in [6.07, 6.45) is 5.18. The number of ether oxygens (including phenoxy) is 1. The zero-order chi connectivity index (χ0) is 22.6. The summed E-state index contributed by atoms with van der Waals surface area (Å²) in [6.45, 7) is 1.92. The van der Waals surface area contributed by atoms with Crippen LogP contribution in [0.15, 0.2) is 70.8 Å². The molecular weight excluding hydrogens is 448 g/mol. The van der Waals surface area contributed by atoms with Gasteiger partial charge in [-0.2, -0.15) is 4.31 Å². The molecule has 0 aliphatic carbocycles. The van der Waals surface area contributed by atoms with Crippen LogP contribution in [0, 0.1) is 0 Å². The standard InChI is InChI=1S/C22H24N4O4S2/c1-31-19-6-2-17(3-7-19)14-23-22(27)21-15-25(16-24-21)18-4-8-20(9-5-18)32(28,29)26-10-12-30-13-11-26/h2-9,15-16H,10-14H2,1H3,(H,23,27). The zero-order valence-corrected chi connectivity index (χ0v) is 19.2. The van der Waals surface area contributed by atoms with Crippen LogP contribution < -0.4 is 5.32 Å². The maximum atomic E-state index is 12.8. The molecule has 32 heavy (non-hydrogen) atoms. The Bertz CT molecular complexity index is 1170. The van der Waals surface area contributed by atoms with E-state index in [1.54, 1.807) is 46.8 Å². The number of morpholine rings is 1. The summed E-state index contributed by atoms with van der Waals surface area (Å²) in [7, 11) is -3.54. The highest BCUT2D eigenvalue weighted by Gasteiger charge is 2.26. The van der Waals surface area contributed by atoms with Gasteiger partial charge in [-0.3, -0.25) is 4.79 Å². The fourth-order valence-electron chi connectivity index (χ4n) is 3.32. The Labute approximate surface area is 191 Å². The number of hydrogen-bond acceptors (Lipinski definition) is 6. The van der Waals surface area contributed by atoms with Crippen LogP contribution in [0.4, 0.5) is 0 Å². The second-order valence-corrected chi connectivity index (χ2v) is 10.0. The lowest BCUT2D eigenvalue weighted by Gasteiger charge is -2.26. The van der Waals surface area contributed by atoms with E-state index in [1.807, 2.05) is 30.5 Å². The van der Waals surface area contributed by atoms with Gasteiger partial charge in [0.2, 0.25) is 10.0 Å². The van der Waals surface area contributed by atoms with Gasteiger partial charge in [-0.05, 0) is 48.2 Å². The summed E-state index contributed by atoms with van der Waals surface area (Å²) in [6, 6.07) is 14.5. The molecule has 2 aromatic carbocycles. The summed E-state index contributed by atoms with van der Waals surface area (Å²) < 4.78 is 33.8. The SMILES string of the molecule is CSc1ccc(CNC(=O)c2cn(-c3ccc(S(=O)(=O)N4CCOCC4)cc3)cn2)cc1. The third-order valence-corrected chi connectivity index (χ3v) is 7.83. The van der Waals surface area contributed by atoms with Crippen molar-refractivity contribution in [2.24, 2.45) is 0 Å². The monoisotopic (exact) mass is 472 g/mol. The van der Waals surface area contributed by atoms with Gasteiger partial charge in [0.1, 0.15) is 12.0 Å². The first-order valence-corrected chi connectivity index (χ1v) is 12.8. The maximum Gasteiger partial charge on any atom is 0.271 e. The number of hydrogen-bond donors (Lipinski definition) is 1. The van der Waals surface area contributed by atoms with Gasteiger partial charge in [0, 0.05) is 36.4 Å². The third kappa shape index (κ3) is 5.04. The topological polar surface area (TPSA) is 93.5 Å². The van der Waals surface area contributed by atoms with Crippen LogP contribution in [0.3, 0.4) is 0 Å². The number of imidazole rings is 1. The van der Waals surface area contributed by atoms with E-state index < -0.39 is 10.0 Å². The lowest BCUT2D eigenvalue weighted by Crippen LogP contribution is -2.40. The van der Waals surface area contributed by atoms with Crippen molar-refractivity contribution < 1.29 is 17.9 Å². The van der Waals surface area contributed by atoms with Gasteiger partial charge in [-0.15, -0.1) is 11.8 Å². The summed E-state index contributed by atoms with van der Waals surface area (Å²) in [5.41, 5.74) is 2.01. The highest BCUT2D eigenvalue weighted by molar-refractivity contribution is 7.98. The molecule has 0 bridgehead atoms. The van der Waals surface area contributed by atoms with Gasteiger partial charge in [0.25, 0.3) is 5.91 Å². The highest BCUT2D eigenvalue weighted by atomic mass is 32.2. The summed E-state index contributed by atoms with van der Waals surface area (Å²) in [5, 5.41) is 2.87. The number of carbonyl (C=O) groups excluding carboxylic acids is 1. The second-order valence-electron chi connectivity index (χ2n) is 7.21. The Hall–Kier alpha value is -2.66. The van der Waals surface area contributed by atoms with E-state index in [1.165, 1.54) is 15.5 Å². The molecule has 3 aromatic rings. The fourth-order valence-corrected chi connectivity index (χ4v) is 5.14. The number of nitrogens with one attached hydrogen (secondary N) is 1. The summed E-state index contributed by atoms with van der Waals surface area (Å²) in [4.78, 5) is 18.0. The van der Waals surface area contributed by atoms with Crippen molar-refractivity contribution in [2.75, 3.05) is 32.6 Å². The van der Waals surface area contributed by atoms with Gasteiger partial charge in [-0.25, -0.2) is 13.4 Å². The molecule has 0 spiro atoms. The Morgan fingerprint density at radius 3 is 2.44 bits per heavy atom. The van der Waals surface area contributed by atoms with Gasteiger partial charge < -0.3 is 14.6 Å². The molecule has 1 fully saturated rings. The lowest BCUT2D eigenvalue weighted by atomic mass is 10.2. The number of rotatable bonds is 7. The van der Waals surface area contributed by atoms with Gasteiger partial charge in [-0.1, -0.05) is 12.1 Å². The van der Waals surface area contributed by atoms with Crippen molar-refractivity contribution in [1.29, 1.82) is 0 Å². The van der Waals surface area contributed by atoms with Gasteiger partial charge >= 0.3 is 0 Å². The van der Waals surface area contributed by atoms with Crippen LogP contribution in [-0.4, -0.2) is 60.7 Å². The second kappa shape index (κ2) is 9.86. The Morgan fingerprint density at radius 2 is 1.78 bits per heavy atom. The smallest absolute Gasteiger partial charge is 0.271 e. The molecule has 8 nitrogen and oxygen atoms in total. The van der Waals surface area contributed by atoms with E-state index >= 15 is 0 Å². The minimum atomic E-state index is -3.54. The van der Waals surface area contributed by atoms with E-state index in [0.29, 0.717) is 38.5 Å². The molecule has 1 amide bonds. The van der Waals surface area contributed by atoms with Crippen LogP contribution in [-0.2, 0) is 21.3 Å². The van der Waals surface area contributed by atoms with Crippen LogP contribution in [0.25, 0.3) is 5.69 Å². The van der Waals surface area contributed by atoms with E-state index in [-0.39, 0.29) is 16.5 Å². The first-order chi connectivity index (χ1) is 15.5. The van der Waals surface area contributed by atoms with Crippen molar-refractivity contribution in [3.63, 3.8) is 0 Å². The van der Waals surface area contributed by atoms with Crippen molar-refractivity contribution in [3.05, 3.63) is 72.3 Å². The molecular formula is C22H24N4O4S2. The van der Waals surface area contributed by atoms with E-state index in [0.717, 1.165) is 5.56 Å². The van der Waals surface area contributed by atoms with Gasteiger partial charge in [0.05, 0.1) is 18.1 Å². The average Bonchev–Trinajstić information content (AvgIpc) is 3.34. The molecule has 1 aliphatic heterocycles. The number of carbonyl (C=O) groups is 1. The van der Waals surface area contributed by atoms with E-state index in [9.17, 15) is 13.2 Å². The Balaban J connectivity index is 1.40. The van der Waals surface area contributed by atoms with E-state index in [4.69, 9.17) is 4.74 Å². The molecule has 0 saturated carbocycles. The first-order valence-electron chi connectivity index (χ1n) is 10.1. The normalized spacial score (nSPS) is 14.9. The highest BCUT2D eigenvalue weighted by Crippen LogP contribution is 2.19. The van der Waals surface area contributed by atoms with Crippen LogP contribution in [0.2, 0.25) is 0 Å². The van der Waals surface area contributed by atoms with Crippen molar-refractivity contribution in [1.82, 2.24) is 19.2 Å². The summed E-state index contributed by atoms with van der Waals surface area (Å²) >= 11 is 1.67. The predicted molar refractivity (Wildman–Crippen MR) is 123 cm³/mol. The number of sulfonamides is 1. The van der Waals surface area contributed by atoms with Crippen molar-refractivity contribution in [2.45, 2.75) is 16.3 Å². The average molecular weight is 473 g/mol. The molecule has 1 N–H and O–H groups in total. The van der Waals surface area contributed by atoms with E-state index in [2.05, 4.69) is 10.3 Å². The molecule has 2 heterocycles. The number of aromatic nitrogens is 2. The van der Waals surface area contributed by atoms with Crippen LogP contribution in [0.5, 0.6) is 0 Å². The molecule has 1 saturated heterocycles. The van der Waals surface area contributed by atoms with Crippen molar-refractivity contribution >= 4 is 27.7 Å². The Kier molecular flexibility index (Phi) is 6.95. The molecule has 4 rings (SSSR count). The number of thioether (sulfide) groups is 1. The molecule has 0 radical (unpaired) electrons. The summed E-state index contributed by atoms with van der Waals surface area (Å²) in [5.74, 6) is -0.274. The molecule has 0 atom stereocenters. The molecule has 168 valence electrons. The zero-order valence-electron chi connectivity index (χ0n) is 17.6. The quantitative estimate of drug-likeness (QED) is 0.531. The molecule has 0 unspecified atom stereocenters. The largest absolute Gasteiger partial charge is 0.379 e. The predicted octanol–water partition coefficient (Wildman–Crippen LogP) is 2.55. The first kappa shape index (κ1) is 22.5. The van der Waals surface area contributed by atoms with Crippen molar-refractivity contribution in [3.8, 4) is 5.69 Å². The van der Waals surface area contributed by atoms with Crippen LogP contribution in [0.1, 0.15) is 16.1 Å². The van der Waals surface area contributed by atoms with Crippen LogP contribution >= 0.6 is 11.8 Å². The fraction of sp³-hybridized carbons (Fsp3) is 0.273. The number of amides is 1. The molecule has 1 aliphatic rings. The lowest BCUT2D eigenvalue weighted by molar-refractivity contribution is 0.0730. The van der Waals surface area contributed by atoms with Gasteiger partial charge in [0.15, 0.2) is 0 Å². The minimum absolute atomic E-state index is 0.230. The minimum Gasteiger partial charge on any atom is -0.379 e. The third-order valence-electron chi connectivity index (χ3n) is 5.17. The molecule has 10 heteroatoms.